The summed E-state index contributed by atoms with van der Waals surface area (Å²) in [5, 5.41) is 0.530. The van der Waals surface area contributed by atoms with E-state index >= 15 is 0 Å². The third-order valence-electron chi connectivity index (χ3n) is 5.27. The Morgan fingerprint density at radius 2 is 1.44 bits per heavy atom. The topological polar surface area (TPSA) is 57.9 Å². The van der Waals surface area contributed by atoms with Gasteiger partial charge in [0, 0.05) is 5.56 Å². The van der Waals surface area contributed by atoms with Crippen LogP contribution in [0.15, 0.2) is 69.9 Å². The molecule has 0 aliphatic rings. The minimum absolute atomic E-state index is 0.183. The highest BCUT2D eigenvalue weighted by Gasteiger charge is 2.19. The van der Waals surface area contributed by atoms with E-state index in [1.54, 1.807) is 7.11 Å². The second kappa shape index (κ2) is 9.18. The van der Waals surface area contributed by atoms with Crippen molar-refractivity contribution < 1.29 is 18.6 Å². The Morgan fingerprint density at radius 3 is 2.12 bits per heavy atom. The molecule has 0 N–H and O–H groups in total. The summed E-state index contributed by atoms with van der Waals surface area (Å²) in [5.41, 5.74) is 4.14. The molecule has 0 saturated carbocycles. The van der Waals surface area contributed by atoms with Gasteiger partial charge in [0.25, 0.3) is 0 Å². The largest absolute Gasteiger partial charge is 0.497 e. The van der Waals surface area contributed by atoms with Crippen LogP contribution in [0.3, 0.4) is 0 Å². The second-order valence-corrected chi connectivity index (χ2v) is 7.78. The first-order chi connectivity index (χ1) is 15.5. The predicted octanol–water partition coefficient (Wildman–Crippen LogP) is 5.85. The summed E-state index contributed by atoms with van der Waals surface area (Å²) in [6, 6.07) is 19.0. The van der Waals surface area contributed by atoms with Crippen molar-refractivity contribution in [3.63, 3.8) is 0 Å². The van der Waals surface area contributed by atoms with E-state index in [2.05, 4.69) is 0 Å². The lowest BCUT2D eigenvalue weighted by Crippen LogP contribution is -2.16. The molecule has 164 valence electrons. The third-order valence-corrected chi connectivity index (χ3v) is 5.27. The normalized spacial score (nSPS) is 10.9. The summed E-state index contributed by atoms with van der Waals surface area (Å²) < 4.78 is 23.2. The zero-order chi connectivity index (χ0) is 22.7. The van der Waals surface area contributed by atoms with Gasteiger partial charge in [0.2, 0.25) is 11.2 Å². The van der Waals surface area contributed by atoms with Crippen LogP contribution >= 0.6 is 0 Å². The van der Waals surface area contributed by atoms with Gasteiger partial charge in [-0.25, -0.2) is 0 Å². The fourth-order valence-electron chi connectivity index (χ4n) is 3.67. The van der Waals surface area contributed by atoms with Crippen LogP contribution in [-0.2, 0) is 0 Å². The molecule has 0 spiro atoms. The molecule has 0 aliphatic carbocycles. The highest BCUT2D eigenvalue weighted by Crippen LogP contribution is 2.33. The van der Waals surface area contributed by atoms with E-state index in [0.717, 1.165) is 33.8 Å². The van der Waals surface area contributed by atoms with E-state index < -0.39 is 0 Å². The summed E-state index contributed by atoms with van der Waals surface area (Å²) >= 11 is 0. The summed E-state index contributed by atoms with van der Waals surface area (Å²) in [6.07, 6.45) is 0. The van der Waals surface area contributed by atoms with E-state index in [0.29, 0.717) is 23.3 Å². The molecule has 5 nitrogen and oxygen atoms in total. The van der Waals surface area contributed by atoms with Gasteiger partial charge in [-0.15, -0.1) is 0 Å². The van der Waals surface area contributed by atoms with Crippen LogP contribution in [0.4, 0.5) is 0 Å². The van der Waals surface area contributed by atoms with E-state index in [4.69, 9.17) is 18.6 Å². The maximum absolute atomic E-state index is 13.4. The van der Waals surface area contributed by atoms with Crippen LogP contribution in [0.5, 0.6) is 17.2 Å². The first-order valence-corrected chi connectivity index (χ1v) is 10.5. The van der Waals surface area contributed by atoms with Crippen molar-refractivity contribution in [2.75, 3.05) is 20.3 Å². The van der Waals surface area contributed by atoms with Gasteiger partial charge in [-0.3, -0.25) is 4.79 Å². The van der Waals surface area contributed by atoms with Crippen LogP contribution in [0.25, 0.3) is 22.3 Å². The fraction of sp³-hybridized carbons (Fsp3) is 0.222. The molecule has 5 heteroatoms. The average Bonchev–Trinajstić information content (AvgIpc) is 2.78. The number of rotatable bonds is 7. The molecule has 0 bridgehead atoms. The van der Waals surface area contributed by atoms with Crippen molar-refractivity contribution in [2.45, 2.75) is 20.8 Å². The fourth-order valence-corrected chi connectivity index (χ4v) is 3.67. The van der Waals surface area contributed by atoms with E-state index in [-0.39, 0.29) is 17.8 Å². The van der Waals surface area contributed by atoms with Crippen LogP contribution in [0.1, 0.15) is 16.7 Å². The molecule has 1 aromatic heterocycles. The van der Waals surface area contributed by atoms with Crippen LogP contribution in [0, 0.1) is 20.8 Å². The number of ether oxygens (including phenoxy) is 3. The third kappa shape index (κ3) is 4.47. The molecule has 0 aliphatic heterocycles. The molecule has 0 saturated heterocycles. The van der Waals surface area contributed by atoms with E-state index in [1.807, 2.05) is 81.4 Å². The minimum Gasteiger partial charge on any atom is -0.497 e. The zero-order valence-corrected chi connectivity index (χ0v) is 18.7. The molecule has 4 aromatic rings. The first kappa shape index (κ1) is 21.5. The van der Waals surface area contributed by atoms with Crippen molar-refractivity contribution in [3.8, 4) is 28.6 Å². The Hall–Kier alpha value is -3.73. The molecule has 4 rings (SSSR count). The Labute approximate surface area is 187 Å². The van der Waals surface area contributed by atoms with Crippen molar-refractivity contribution in [1.29, 1.82) is 0 Å². The van der Waals surface area contributed by atoms with Crippen LogP contribution < -0.4 is 19.6 Å². The number of hydrogen-bond donors (Lipinski definition) is 0. The van der Waals surface area contributed by atoms with Gasteiger partial charge < -0.3 is 18.6 Å². The Bertz CT molecular complexity index is 1290. The smallest absolute Gasteiger partial charge is 0.235 e. The lowest BCUT2D eigenvalue weighted by atomic mass is 10.0. The maximum atomic E-state index is 13.4. The minimum atomic E-state index is -0.190. The molecule has 0 unspecified atom stereocenters. The molecular formula is C27H26O5. The van der Waals surface area contributed by atoms with Crippen LogP contribution in [-0.4, -0.2) is 20.3 Å². The van der Waals surface area contributed by atoms with Gasteiger partial charge in [0.1, 0.15) is 30.3 Å². The predicted molar refractivity (Wildman–Crippen MR) is 126 cm³/mol. The van der Waals surface area contributed by atoms with Gasteiger partial charge in [-0.2, -0.15) is 0 Å². The summed E-state index contributed by atoms with van der Waals surface area (Å²) in [5.74, 6) is 2.05. The number of benzene rings is 3. The Balaban J connectivity index is 1.68. The number of methoxy groups -OCH3 is 1. The molecule has 0 atom stereocenters. The van der Waals surface area contributed by atoms with Gasteiger partial charge in [0.05, 0.1) is 12.5 Å². The van der Waals surface area contributed by atoms with Crippen molar-refractivity contribution >= 4 is 11.0 Å². The van der Waals surface area contributed by atoms with Crippen molar-refractivity contribution in [3.05, 3.63) is 87.6 Å². The van der Waals surface area contributed by atoms with Gasteiger partial charge in [-0.05, 0) is 74.4 Å². The molecule has 3 aromatic carbocycles. The lowest BCUT2D eigenvalue weighted by Gasteiger charge is -2.14. The molecule has 1 heterocycles. The van der Waals surface area contributed by atoms with Gasteiger partial charge >= 0.3 is 0 Å². The molecule has 0 amide bonds. The lowest BCUT2D eigenvalue weighted by molar-refractivity contribution is 0.214. The quantitative estimate of drug-likeness (QED) is 0.344. The summed E-state index contributed by atoms with van der Waals surface area (Å²) in [6.45, 7) is 6.42. The van der Waals surface area contributed by atoms with Crippen molar-refractivity contribution in [2.24, 2.45) is 0 Å². The molecular weight excluding hydrogens is 404 g/mol. The molecule has 32 heavy (non-hydrogen) atoms. The monoisotopic (exact) mass is 430 g/mol. The van der Waals surface area contributed by atoms with Crippen molar-refractivity contribution in [1.82, 2.24) is 0 Å². The average molecular weight is 431 g/mol. The van der Waals surface area contributed by atoms with E-state index in [9.17, 15) is 4.79 Å². The maximum Gasteiger partial charge on any atom is 0.235 e. The zero-order valence-electron chi connectivity index (χ0n) is 18.7. The van der Waals surface area contributed by atoms with E-state index in [1.165, 1.54) is 0 Å². The molecule has 0 fully saturated rings. The van der Waals surface area contributed by atoms with Gasteiger partial charge in [-0.1, -0.05) is 23.8 Å². The summed E-state index contributed by atoms with van der Waals surface area (Å²) in [4.78, 5) is 13.4. The van der Waals surface area contributed by atoms with Gasteiger partial charge in [0.15, 0.2) is 5.76 Å². The second-order valence-electron chi connectivity index (χ2n) is 7.78. The first-order valence-electron chi connectivity index (χ1n) is 10.5. The highest BCUT2D eigenvalue weighted by molar-refractivity contribution is 5.85. The number of hydrogen-bond acceptors (Lipinski definition) is 5. The standard InChI is InChI=1S/C27H26O5/c1-17-5-9-22(10-6-17)30-13-14-31-27-25(28)24-19(3)15-18(2)16-23(24)32-26(27)20-7-11-21(29-4)12-8-20/h5-12,15-16H,13-14H2,1-4H3. The highest BCUT2D eigenvalue weighted by atomic mass is 16.5. The number of fused-ring (bicyclic) bond motifs is 1. The SMILES string of the molecule is COc1ccc(-c2oc3cc(C)cc(C)c3c(=O)c2OCCOc2ccc(C)cc2)cc1. The molecule has 0 radical (unpaired) electrons. The summed E-state index contributed by atoms with van der Waals surface area (Å²) in [7, 11) is 1.61. The Morgan fingerprint density at radius 1 is 0.781 bits per heavy atom. The number of aryl methyl sites for hydroxylation is 3. The Kier molecular flexibility index (Phi) is 6.17. The van der Waals surface area contributed by atoms with Crippen LogP contribution in [0.2, 0.25) is 0 Å².